The highest BCUT2D eigenvalue weighted by molar-refractivity contribution is 5.99. The molecule has 28 heavy (non-hydrogen) atoms. The van der Waals surface area contributed by atoms with Crippen LogP contribution in [0.5, 0.6) is 5.75 Å². The number of hydrogen-bond donors (Lipinski definition) is 0. The van der Waals surface area contributed by atoms with Gasteiger partial charge in [0.2, 0.25) is 5.79 Å². The summed E-state index contributed by atoms with van der Waals surface area (Å²) in [6.45, 7) is 5.79. The molecule has 0 saturated carbocycles. The second-order valence-electron chi connectivity index (χ2n) is 7.99. The van der Waals surface area contributed by atoms with Gasteiger partial charge in [-0.05, 0) is 40.0 Å². The maximum Gasteiger partial charge on any atom is 0.205 e. The van der Waals surface area contributed by atoms with E-state index in [1.807, 2.05) is 13.8 Å². The molecule has 0 amide bonds. The van der Waals surface area contributed by atoms with Gasteiger partial charge in [-0.1, -0.05) is 54.6 Å². The summed E-state index contributed by atoms with van der Waals surface area (Å²) in [5.41, 5.74) is 6.17. The van der Waals surface area contributed by atoms with E-state index in [1.54, 1.807) is 0 Å². The molecule has 0 N–H and O–H groups in total. The highest BCUT2D eigenvalue weighted by Crippen LogP contribution is 2.44. The third-order valence-corrected chi connectivity index (χ3v) is 5.51. The minimum absolute atomic E-state index is 0.558. The summed E-state index contributed by atoms with van der Waals surface area (Å²) in [5.74, 6) is 0.310. The van der Waals surface area contributed by atoms with Crippen molar-refractivity contribution >= 4 is 16.3 Å². The van der Waals surface area contributed by atoms with Gasteiger partial charge in [0, 0.05) is 25.0 Å². The van der Waals surface area contributed by atoms with E-state index in [0.29, 0.717) is 19.8 Å². The van der Waals surface area contributed by atoms with E-state index in [0.717, 1.165) is 17.7 Å². The minimum atomic E-state index is -0.635. The number of hydrogen-bond acceptors (Lipinski definition) is 3. The van der Waals surface area contributed by atoms with Crippen LogP contribution in [0, 0.1) is 0 Å². The van der Waals surface area contributed by atoms with Gasteiger partial charge in [-0.25, -0.2) is 0 Å². The highest BCUT2D eigenvalue weighted by Gasteiger charge is 2.32. The van der Waals surface area contributed by atoms with Crippen molar-refractivity contribution in [1.29, 1.82) is 0 Å². The van der Waals surface area contributed by atoms with Gasteiger partial charge in [0.1, 0.15) is 5.75 Å². The van der Waals surface area contributed by atoms with Gasteiger partial charge in [-0.2, -0.15) is 0 Å². The third kappa shape index (κ3) is 3.11. The first-order valence-corrected chi connectivity index (χ1v) is 9.81. The molecule has 2 aliphatic heterocycles. The van der Waals surface area contributed by atoms with E-state index in [9.17, 15) is 0 Å². The number of benzene rings is 3. The maximum atomic E-state index is 6.36. The lowest BCUT2D eigenvalue weighted by Gasteiger charge is -2.34. The summed E-state index contributed by atoms with van der Waals surface area (Å²) in [4.78, 5) is 0. The van der Waals surface area contributed by atoms with Gasteiger partial charge in [0.05, 0.1) is 19.8 Å². The molecule has 142 valence electrons. The predicted octanol–water partition coefficient (Wildman–Crippen LogP) is 5.51. The molecule has 0 spiro atoms. The summed E-state index contributed by atoms with van der Waals surface area (Å²) in [6.07, 6.45) is 0.897. The standard InChI is InChI=1S/C25H24O3/c1-25(2)27-15-20-13-18-10-6-7-11-21(18)23(24(20)28-25)22-16-26-14-19(22)12-17-8-4-3-5-9-17/h3-11,13H,12,14-16H2,1-2H3. The van der Waals surface area contributed by atoms with Crippen LogP contribution in [0.2, 0.25) is 0 Å². The smallest absolute Gasteiger partial charge is 0.205 e. The van der Waals surface area contributed by atoms with Crippen molar-refractivity contribution in [3.8, 4) is 5.75 Å². The Bertz CT molecular complexity index is 1060. The van der Waals surface area contributed by atoms with Gasteiger partial charge < -0.3 is 14.2 Å². The minimum Gasteiger partial charge on any atom is -0.462 e. The molecule has 2 aliphatic rings. The van der Waals surface area contributed by atoms with Crippen molar-refractivity contribution < 1.29 is 14.2 Å². The van der Waals surface area contributed by atoms with Crippen LogP contribution in [-0.2, 0) is 22.5 Å². The Labute approximate surface area is 165 Å². The molecule has 5 rings (SSSR count). The van der Waals surface area contributed by atoms with Crippen molar-refractivity contribution in [2.24, 2.45) is 0 Å². The normalized spacial score (nSPS) is 18.2. The van der Waals surface area contributed by atoms with Crippen molar-refractivity contribution in [3.05, 3.63) is 82.9 Å². The van der Waals surface area contributed by atoms with E-state index in [2.05, 4.69) is 60.7 Å². The molecule has 0 aliphatic carbocycles. The van der Waals surface area contributed by atoms with Crippen LogP contribution >= 0.6 is 0 Å². The summed E-state index contributed by atoms with van der Waals surface area (Å²) in [6, 6.07) is 21.3. The molecular formula is C25H24O3. The second kappa shape index (κ2) is 6.77. The van der Waals surface area contributed by atoms with Gasteiger partial charge in [0.25, 0.3) is 0 Å². The van der Waals surface area contributed by atoms with Crippen LogP contribution in [0.4, 0.5) is 0 Å². The Morgan fingerprint density at radius 1 is 0.893 bits per heavy atom. The molecule has 0 saturated heterocycles. The first kappa shape index (κ1) is 17.5. The molecule has 3 aromatic rings. The maximum absolute atomic E-state index is 6.36. The lowest BCUT2D eigenvalue weighted by molar-refractivity contribution is -0.180. The molecule has 3 nitrogen and oxygen atoms in total. The fourth-order valence-electron chi connectivity index (χ4n) is 4.15. The van der Waals surface area contributed by atoms with Crippen LogP contribution in [0.15, 0.2) is 66.2 Å². The van der Waals surface area contributed by atoms with Gasteiger partial charge in [-0.3, -0.25) is 0 Å². The molecule has 0 unspecified atom stereocenters. The van der Waals surface area contributed by atoms with E-state index in [-0.39, 0.29) is 0 Å². The second-order valence-corrected chi connectivity index (χ2v) is 7.99. The van der Waals surface area contributed by atoms with Crippen molar-refractivity contribution in [2.45, 2.75) is 32.7 Å². The Kier molecular flexibility index (Phi) is 4.22. The fourth-order valence-corrected chi connectivity index (χ4v) is 4.15. The molecule has 3 aromatic carbocycles. The first-order valence-electron chi connectivity index (χ1n) is 9.81. The molecule has 0 radical (unpaired) electrons. The van der Waals surface area contributed by atoms with E-state index in [1.165, 1.54) is 33.0 Å². The van der Waals surface area contributed by atoms with Crippen LogP contribution in [-0.4, -0.2) is 19.0 Å². The fraction of sp³-hybridized carbons (Fsp3) is 0.280. The van der Waals surface area contributed by atoms with Crippen LogP contribution in [0.25, 0.3) is 16.3 Å². The van der Waals surface area contributed by atoms with Crippen LogP contribution < -0.4 is 4.74 Å². The lowest BCUT2D eigenvalue weighted by atomic mass is 9.90. The first-order chi connectivity index (χ1) is 13.6. The molecule has 0 aromatic heterocycles. The summed E-state index contributed by atoms with van der Waals surface area (Å²) in [7, 11) is 0. The largest absolute Gasteiger partial charge is 0.462 e. The molecule has 2 heterocycles. The van der Waals surface area contributed by atoms with E-state index < -0.39 is 5.79 Å². The van der Waals surface area contributed by atoms with Gasteiger partial charge in [-0.15, -0.1) is 0 Å². The molecule has 3 heteroatoms. The van der Waals surface area contributed by atoms with Crippen molar-refractivity contribution in [2.75, 3.05) is 13.2 Å². The van der Waals surface area contributed by atoms with E-state index in [4.69, 9.17) is 14.2 Å². The van der Waals surface area contributed by atoms with Crippen LogP contribution in [0.1, 0.15) is 30.5 Å². The number of fused-ring (bicyclic) bond motifs is 2. The predicted molar refractivity (Wildman–Crippen MR) is 111 cm³/mol. The zero-order chi connectivity index (χ0) is 19.1. The average molecular weight is 372 g/mol. The zero-order valence-electron chi connectivity index (χ0n) is 16.3. The number of ether oxygens (including phenoxy) is 3. The van der Waals surface area contributed by atoms with E-state index >= 15 is 0 Å². The summed E-state index contributed by atoms with van der Waals surface area (Å²) < 4.78 is 18.2. The average Bonchev–Trinajstić information content (AvgIpc) is 3.14. The highest BCUT2D eigenvalue weighted by atomic mass is 16.7. The lowest BCUT2D eigenvalue weighted by Crippen LogP contribution is -2.35. The quantitative estimate of drug-likeness (QED) is 0.607. The third-order valence-electron chi connectivity index (χ3n) is 5.51. The van der Waals surface area contributed by atoms with Crippen LogP contribution in [0.3, 0.4) is 0 Å². The van der Waals surface area contributed by atoms with Crippen molar-refractivity contribution in [3.63, 3.8) is 0 Å². The number of rotatable bonds is 3. The summed E-state index contributed by atoms with van der Waals surface area (Å²) in [5, 5.41) is 2.42. The van der Waals surface area contributed by atoms with Gasteiger partial charge in [0.15, 0.2) is 0 Å². The van der Waals surface area contributed by atoms with Crippen molar-refractivity contribution in [1.82, 2.24) is 0 Å². The Balaban J connectivity index is 1.72. The van der Waals surface area contributed by atoms with Gasteiger partial charge >= 0.3 is 0 Å². The molecule has 0 fully saturated rings. The topological polar surface area (TPSA) is 27.7 Å². The Hall–Kier alpha value is -2.62. The summed E-state index contributed by atoms with van der Waals surface area (Å²) >= 11 is 0. The monoisotopic (exact) mass is 372 g/mol. The Morgan fingerprint density at radius 3 is 2.54 bits per heavy atom. The molecule has 0 bridgehead atoms. The Morgan fingerprint density at radius 2 is 1.68 bits per heavy atom. The SMILES string of the molecule is CC1(C)OCc2cc3ccccc3c(C3=C(Cc4ccccc4)COC3)c2O1. The zero-order valence-corrected chi connectivity index (χ0v) is 16.3. The molecule has 0 atom stereocenters. The molecular weight excluding hydrogens is 348 g/mol.